The smallest absolute Gasteiger partial charge is 0.251 e. The van der Waals surface area contributed by atoms with Gasteiger partial charge in [0.2, 0.25) is 5.91 Å². The zero-order valence-electron chi connectivity index (χ0n) is 13.3. The molecule has 2 aromatic rings. The number of nitrogens with one attached hydrogen (secondary N) is 1. The molecule has 3 rings (SSSR count). The lowest BCUT2D eigenvalue weighted by Crippen LogP contribution is -2.58. The SMILES string of the molecule is Cc1ccc(N2C(=O)[C@H](C=Nc3cccc(F)c3)C(=O)NC2=S)cc1. The van der Waals surface area contributed by atoms with Gasteiger partial charge in [0.25, 0.3) is 5.91 Å². The first-order valence-corrected chi connectivity index (χ1v) is 7.92. The molecule has 126 valence electrons. The van der Waals surface area contributed by atoms with Crippen LogP contribution >= 0.6 is 12.2 Å². The van der Waals surface area contributed by atoms with Crippen molar-refractivity contribution in [1.29, 1.82) is 0 Å². The lowest BCUT2D eigenvalue weighted by molar-refractivity contribution is -0.130. The molecule has 0 radical (unpaired) electrons. The van der Waals surface area contributed by atoms with E-state index < -0.39 is 23.5 Å². The highest BCUT2D eigenvalue weighted by Gasteiger charge is 2.38. The maximum atomic E-state index is 13.2. The van der Waals surface area contributed by atoms with Crippen LogP contribution < -0.4 is 10.2 Å². The van der Waals surface area contributed by atoms with Gasteiger partial charge in [-0.1, -0.05) is 23.8 Å². The number of aryl methyl sites for hydroxylation is 1. The van der Waals surface area contributed by atoms with E-state index in [0.717, 1.165) is 5.56 Å². The van der Waals surface area contributed by atoms with Crippen molar-refractivity contribution in [2.45, 2.75) is 6.92 Å². The summed E-state index contributed by atoms with van der Waals surface area (Å²) in [4.78, 5) is 30.2. The third kappa shape index (κ3) is 3.61. The summed E-state index contributed by atoms with van der Waals surface area (Å²) in [5.41, 5.74) is 1.91. The molecule has 2 aromatic carbocycles. The largest absolute Gasteiger partial charge is 0.301 e. The number of rotatable bonds is 3. The number of aliphatic imine (C=N–C) groups is 1. The molecule has 2 amide bonds. The molecule has 1 aliphatic heterocycles. The highest BCUT2D eigenvalue weighted by Crippen LogP contribution is 2.21. The van der Waals surface area contributed by atoms with E-state index in [2.05, 4.69) is 10.3 Å². The predicted molar refractivity (Wildman–Crippen MR) is 97.4 cm³/mol. The fraction of sp³-hybridized carbons (Fsp3) is 0.111. The molecule has 25 heavy (non-hydrogen) atoms. The van der Waals surface area contributed by atoms with Crippen molar-refractivity contribution in [3.63, 3.8) is 0 Å². The van der Waals surface area contributed by atoms with Gasteiger partial charge in [0.15, 0.2) is 11.0 Å². The molecule has 0 saturated carbocycles. The molecule has 0 spiro atoms. The van der Waals surface area contributed by atoms with E-state index in [1.54, 1.807) is 18.2 Å². The van der Waals surface area contributed by atoms with E-state index in [-0.39, 0.29) is 5.11 Å². The number of hydrogen-bond donors (Lipinski definition) is 1. The standard InChI is InChI=1S/C18H14FN3O2S/c1-11-5-7-14(8-6-11)22-17(24)15(16(23)21-18(22)25)10-20-13-4-2-3-12(19)9-13/h2-10,15H,1H3,(H,21,23,25)/t15-/m1/s1. The van der Waals surface area contributed by atoms with Gasteiger partial charge >= 0.3 is 0 Å². The van der Waals surface area contributed by atoms with Gasteiger partial charge in [-0.3, -0.25) is 19.5 Å². The summed E-state index contributed by atoms with van der Waals surface area (Å²) >= 11 is 5.12. The van der Waals surface area contributed by atoms with Crippen molar-refractivity contribution in [1.82, 2.24) is 5.32 Å². The molecule has 1 N–H and O–H groups in total. The number of thiocarbonyl (C=S) groups is 1. The summed E-state index contributed by atoms with van der Waals surface area (Å²) in [6.07, 6.45) is 1.20. The Bertz CT molecular complexity index is 880. The summed E-state index contributed by atoms with van der Waals surface area (Å²) in [6, 6.07) is 12.8. The fourth-order valence-electron chi connectivity index (χ4n) is 2.38. The number of anilines is 1. The summed E-state index contributed by atoms with van der Waals surface area (Å²) < 4.78 is 13.2. The van der Waals surface area contributed by atoms with Gasteiger partial charge in [0.1, 0.15) is 5.82 Å². The molecule has 1 atom stereocenters. The molecule has 0 unspecified atom stereocenters. The summed E-state index contributed by atoms with van der Waals surface area (Å²) in [7, 11) is 0. The highest BCUT2D eigenvalue weighted by molar-refractivity contribution is 7.80. The van der Waals surface area contributed by atoms with Crippen LogP contribution in [0.2, 0.25) is 0 Å². The third-order valence-electron chi connectivity index (χ3n) is 3.68. The maximum absolute atomic E-state index is 13.2. The first-order valence-electron chi connectivity index (χ1n) is 7.51. The molecular formula is C18H14FN3O2S. The molecule has 1 saturated heterocycles. The Morgan fingerprint density at radius 3 is 2.60 bits per heavy atom. The van der Waals surface area contributed by atoms with Crippen LogP contribution in [0.1, 0.15) is 5.56 Å². The van der Waals surface area contributed by atoms with E-state index >= 15 is 0 Å². The van der Waals surface area contributed by atoms with Crippen LogP contribution in [0.5, 0.6) is 0 Å². The molecule has 1 heterocycles. The predicted octanol–water partition coefficient (Wildman–Crippen LogP) is 2.90. The van der Waals surface area contributed by atoms with Gasteiger partial charge in [0.05, 0.1) is 11.4 Å². The Kier molecular flexibility index (Phi) is 4.67. The summed E-state index contributed by atoms with van der Waals surface area (Å²) in [5, 5.41) is 2.53. The van der Waals surface area contributed by atoms with Crippen LogP contribution in [-0.2, 0) is 9.59 Å². The average molecular weight is 355 g/mol. The maximum Gasteiger partial charge on any atom is 0.251 e. The Morgan fingerprint density at radius 2 is 1.92 bits per heavy atom. The number of carbonyl (C=O) groups is 2. The number of amides is 2. The minimum Gasteiger partial charge on any atom is -0.301 e. The first kappa shape index (κ1) is 16.9. The second kappa shape index (κ2) is 6.90. The number of halogens is 1. The lowest BCUT2D eigenvalue weighted by atomic mass is 10.1. The number of nitrogens with zero attached hydrogens (tertiary/aromatic N) is 2. The van der Waals surface area contributed by atoms with Crippen LogP contribution in [0.15, 0.2) is 53.5 Å². The molecule has 1 aliphatic rings. The van der Waals surface area contributed by atoms with Crippen LogP contribution in [-0.4, -0.2) is 23.1 Å². The van der Waals surface area contributed by atoms with E-state index in [4.69, 9.17) is 12.2 Å². The Labute approximate surface area is 149 Å². The number of benzene rings is 2. The van der Waals surface area contributed by atoms with Crippen molar-refractivity contribution < 1.29 is 14.0 Å². The van der Waals surface area contributed by atoms with Crippen LogP contribution in [0.25, 0.3) is 0 Å². The topological polar surface area (TPSA) is 61.8 Å². The van der Waals surface area contributed by atoms with Gasteiger partial charge in [-0.2, -0.15) is 0 Å². The average Bonchev–Trinajstić information content (AvgIpc) is 2.56. The highest BCUT2D eigenvalue weighted by atomic mass is 32.1. The molecule has 1 fully saturated rings. The van der Waals surface area contributed by atoms with Gasteiger partial charge in [0, 0.05) is 6.21 Å². The Balaban J connectivity index is 1.89. The lowest BCUT2D eigenvalue weighted by Gasteiger charge is -2.30. The minimum atomic E-state index is -1.14. The van der Waals surface area contributed by atoms with Crippen LogP contribution in [0, 0.1) is 18.7 Å². The number of carbonyl (C=O) groups excluding carboxylic acids is 2. The van der Waals surface area contributed by atoms with E-state index in [0.29, 0.717) is 11.4 Å². The van der Waals surface area contributed by atoms with Gasteiger partial charge in [-0.05, 0) is 49.5 Å². The van der Waals surface area contributed by atoms with Crippen molar-refractivity contribution in [2.75, 3.05) is 4.90 Å². The monoisotopic (exact) mass is 355 g/mol. The van der Waals surface area contributed by atoms with Crippen LogP contribution in [0.4, 0.5) is 15.8 Å². The molecule has 0 aromatic heterocycles. The molecule has 0 bridgehead atoms. The molecular weight excluding hydrogens is 341 g/mol. The van der Waals surface area contributed by atoms with E-state index in [1.165, 1.54) is 29.3 Å². The summed E-state index contributed by atoms with van der Waals surface area (Å²) in [5.74, 6) is -2.65. The summed E-state index contributed by atoms with van der Waals surface area (Å²) in [6.45, 7) is 1.93. The van der Waals surface area contributed by atoms with Crippen LogP contribution in [0.3, 0.4) is 0 Å². The number of hydrogen-bond acceptors (Lipinski definition) is 4. The zero-order chi connectivity index (χ0) is 18.0. The van der Waals surface area contributed by atoms with Crippen molar-refractivity contribution in [3.05, 3.63) is 59.9 Å². The van der Waals surface area contributed by atoms with Gasteiger partial charge in [-0.15, -0.1) is 0 Å². The van der Waals surface area contributed by atoms with Crippen molar-refractivity contribution in [3.8, 4) is 0 Å². The zero-order valence-corrected chi connectivity index (χ0v) is 14.1. The second-order valence-corrected chi connectivity index (χ2v) is 5.93. The molecule has 5 nitrogen and oxygen atoms in total. The van der Waals surface area contributed by atoms with Gasteiger partial charge < -0.3 is 5.32 Å². The first-order chi connectivity index (χ1) is 12.0. The normalized spacial score (nSPS) is 17.9. The fourth-order valence-corrected chi connectivity index (χ4v) is 2.67. The molecule has 7 heteroatoms. The Morgan fingerprint density at radius 1 is 1.20 bits per heavy atom. The molecule has 0 aliphatic carbocycles. The van der Waals surface area contributed by atoms with Gasteiger partial charge in [-0.25, -0.2) is 4.39 Å². The minimum absolute atomic E-state index is 0.0225. The van der Waals surface area contributed by atoms with Crippen molar-refractivity contribution >= 4 is 46.7 Å². The van der Waals surface area contributed by atoms with E-state index in [9.17, 15) is 14.0 Å². The van der Waals surface area contributed by atoms with E-state index in [1.807, 2.05) is 19.1 Å². The Hall–Kier alpha value is -2.93. The third-order valence-corrected chi connectivity index (χ3v) is 3.96. The second-order valence-electron chi connectivity index (χ2n) is 5.54. The van der Waals surface area contributed by atoms with Crippen molar-refractivity contribution in [2.24, 2.45) is 10.9 Å². The quantitative estimate of drug-likeness (QED) is 0.523.